The Morgan fingerprint density at radius 1 is 1.40 bits per heavy atom. The summed E-state index contributed by atoms with van der Waals surface area (Å²) < 4.78 is 0. The Kier molecular flexibility index (Phi) is 4.36. The van der Waals surface area contributed by atoms with Crippen LogP contribution in [0.4, 0.5) is 0 Å². The molecular weight excluding hydrogens is 198 g/mol. The van der Waals surface area contributed by atoms with Crippen molar-refractivity contribution in [3.63, 3.8) is 0 Å². The predicted molar refractivity (Wildman–Crippen MR) is 54.4 cm³/mol. The van der Waals surface area contributed by atoms with Gasteiger partial charge < -0.3 is 21.4 Å². The Labute approximate surface area is 88.1 Å². The van der Waals surface area contributed by atoms with Gasteiger partial charge in [-0.25, -0.2) is 0 Å². The molecule has 0 saturated heterocycles. The maximum absolute atomic E-state index is 11.3. The number of aliphatic hydroxyl groups is 1. The minimum atomic E-state index is -0.244. The molecule has 1 fully saturated rings. The number of hydrogen-bond acceptors (Lipinski definition) is 4. The van der Waals surface area contributed by atoms with E-state index in [1.54, 1.807) is 0 Å². The average molecular weight is 215 g/mol. The predicted octanol–water partition coefficient (Wildman–Crippen LogP) is -0.457. The van der Waals surface area contributed by atoms with Crippen molar-refractivity contribution < 1.29 is 15.1 Å². The summed E-state index contributed by atoms with van der Waals surface area (Å²) >= 11 is 0. The Hall–Kier alpha value is -1.30. The molecule has 6 heteroatoms. The summed E-state index contributed by atoms with van der Waals surface area (Å²) in [7, 11) is 0. The Bertz CT molecular complexity index is 247. The monoisotopic (exact) mass is 215 g/mol. The van der Waals surface area contributed by atoms with E-state index in [1.165, 1.54) is 0 Å². The van der Waals surface area contributed by atoms with Gasteiger partial charge in [0.1, 0.15) is 5.84 Å². The first-order valence-corrected chi connectivity index (χ1v) is 5.05. The summed E-state index contributed by atoms with van der Waals surface area (Å²) in [4.78, 5) is 11.3. The van der Waals surface area contributed by atoms with E-state index in [4.69, 9.17) is 10.9 Å². The van der Waals surface area contributed by atoms with Gasteiger partial charge >= 0.3 is 0 Å². The molecule has 1 amide bonds. The first kappa shape index (κ1) is 11.8. The molecule has 5 N–H and O–H groups in total. The molecule has 0 aliphatic heterocycles. The molecule has 0 spiro atoms. The van der Waals surface area contributed by atoms with Crippen molar-refractivity contribution in [3.8, 4) is 0 Å². The molecule has 0 heterocycles. The zero-order valence-electron chi connectivity index (χ0n) is 8.52. The number of rotatable bonds is 3. The van der Waals surface area contributed by atoms with Crippen molar-refractivity contribution in [3.05, 3.63) is 0 Å². The van der Waals surface area contributed by atoms with Gasteiger partial charge in [0.2, 0.25) is 5.91 Å². The number of aliphatic hydroxyl groups excluding tert-OH is 1. The second-order valence-corrected chi connectivity index (χ2v) is 3.84. The van der Waals surface area contributed by atoms with Crippen LogP contribution in [-0.2, 0) is 4.79 Å². The van der Waals surface area contributed by atoms with Crippen LogP contribution in [0.25, 0.3) is 0 Å². The van der Waals surface area contributed by atoms with Crippen LogP contribution in [0.15, 0.2) is 5.16 Å². The number of hydrogen-bond donors (Lipinski definition) is 4. The summed E-state index contributed by atoms with van der Waals surface area (Å²) in [6.07, 6.45) is 2.67. The summed E-state index contributed by atoms with van der Waals surface area (Å²) in [5.41, 5.74) is 5.20. The molecule has 1 aliphatic rings. The van der Waals surface area contributed by atoms with Crippen molar-refractivity contribution in [2.45, 2.75) is 44.2 Å². The van der Waals surface area contributed by atoms with E-state index in [-0.39, 0.29) is 30.3 Å². The summed E-state index contributed by atoms with van der Waals surface area (Å²) in [6.45, 7) is 0. The molecule has 1 aliphatic carbocycles. The largest absolute Gasteiger partial charge is 0.409 e. The smallest absolute Gasteiger partial charge is 0.227 e. The second kappa shape index (κ2) is 5.55. The van der Waals surface area contributed by atoms with Crippen molar-refractivity contribution in [2.75, 3.05) is 0 Å². The lowest BCUT2D eigenvalue weighted by Gasteiger charge is -2.26. The van der Waals surface area contributed by atoms with Gasteiger partial charge in [-0.15, -0.1) is 0 Å². The van der Waals surface area contributed by atoms with Crippen LogP contribution < -0.4 is 11.1 Å². The molecule has 0 aromatic carbocycles. The number of nitrogens with one attached hydrogen (secondary N) is 1. The molecule has 6 nitrogen and oxygen atoms in total. The van der Waals surface area contributed by atoms with E-state index in [9.17, 15) is 9.90 Å². The fraction of sp³-hybridized carbons (Fsp3) is 0.778. The van der Waals surface area contributed by atoms with E-state index in [1.807, 2.05) is 0 Å². The quantitative estimate of drug-likeness (QED) is 0.221. The highest BCUT2D eigenvalue weighted by molar-refractivity contribution is 5.98. The highest BCUT2D eigenvalue weighted by Gasteiger charge is 2.20. The van der Waals surface area contributed by atoms with Gasteiger partial charge in [0.25, 0.3) is 0 Å². The SMILES string of the molecule is N/C(CC(=O)NC1CCC(O)CC1)=N\O. The lowest BCUT2D eigenvalue weighted by Crippen LogP contribution is -2.40. The van der Waals surface area contributed by atoms with Gasteiger partial charge in [0.05, 0.1) is 12.5 Å². The summed E-state index contributed by atoms with van der Waals surface area (Å²) in [6, 6.07) is 0.104. The number of carbonyl (C=O) groups excluding carboxylic acids is 1. The van der Waals surface area contributed by atoms with E-state index >= 15 is 0 Å². The maximum Gasteiger partial charge on any atom is 0.227 e. The second-order valence-electron chi connectivity index (χ2n) is 3.84. The molecule has 0 bridgehead atoms. The van der Waals surface area contributed by atoms with Crippen LogP contribution >= 0.6 is 0 Å². The molecule has 86 valence electrons. The minimum Gasteiger partial charge on any atom is -0.409 e. The lowest BCUT2D eigenvalue weighted by atomic mass is 9.93. The Morgan fingerprint density at radius 3 is 2.53 bits per heavy atom. The first-order chi connectivity index (χ1) is 7.11. The number of amides is 1. The zero-order chi connectivity index (χ0) is 11.3. The van der Waals surface area contributed by atoms with Crippen LogP contribution in [-0.4, -0.2) is 34.2 Å². The number of nitrogens with two attached hydrogens (primary N) is 1. The Balaban J connectivity index is 2.26. The third-order valence-corrected chi connectivity index (χ3v) is 2.53. The van der Waals surface area contributed by atoms with E-state index in [0.29, 0.717) is 12.8 Å². The van der Waals surface area contributed by atoms with Crippen molar-refractivity contribution in [1.29, 1.82) is 0 Å². The third-order valence-electron chi connectivity index (χ3n) is 2.53. The number of oxime groups is 1. The lowest BCUT2D eigenvalue weighted by molar-refractivity contribution is -0.121. The third kappa shape index (κ3) is 4.16. The van der Waals surface area contributed by atoms with Crippen LogP contribution in [0, 0.1) is 0 Å². The first-order valence-electron chi connectivity index (χ1n) is 5.05. The van der Waals surface area contributed by atoms with E-state index in [0.717, 1.165) is 12.8 Å². The van der Waals surface area contributed by atoms with Crippen LogP contribution in [0.2, 0.25) is 0 Å². The fourth-order valence-corrected chi connectivity index (χ4v) is 1.70. The van der Waals surface area contributed by atoms with Crippen molar-refractivity contribution in [2.24, 2.45) is 10.9 Å². The van der Waals surface area contributed by atoms with Crippen LogP contribution in [0.1, 0.15) is 32.1 Å². The molecule has 1 saturated carbocycles. The molecule has 0 unspecified atom stereocenters. The standard InChI is InChI=1S/C9H17N3O3/c10-8(12-15)5-9(14)11-6-1-3-7(13)4-2-6/h6-7,13,15H,1-5H2,(H2,10,12)(H,11,14). The molecule has 15 heavy (non-hydrogen) atoms. The number of carbonyl (C=O) groups is 1. The van der Waals surface area contributed by atoms with E-state index < -0.39 is 0 Å². The van der Waals surface area contributed by atoms with Crippen LogP contribution in [0.5, 0.6) is 0 Å². The highest BCUT2D eigenvalue weighted by atomic mass is 16.4. The molecule has 0 aromatic heterocycles. The zero-order valence-corrected chi connectivity index (χ0v) is 8.52. The molecule has 0 aromatic rings. The van der Waals surface area contributed by atoms with Gasteiger partial charge in [-0.3, -0.25) is 4.79 Å². The van der Waals surface area contributed by atoms with Gasteiger partial charge in [0.15, 0.2) is 0 Å². The Morgan fingerprint density at radius 2 is 2.00 bits per heavy atom. The number of amidine groups is 1. The fourth-order valence-electron chi connectivity index (χ4n) is 1.70. The van der Waals surface area contributed by atoms with Gasteiger partial charge in [-0.05, 0) is 25.7 Å². The van der Waals surface area contributed by atoms with Crippen molar-refractivity contribution >= 4 is 11.7 Å². The normalized spacial score (nSPS) is 27.4. The summed E-state index contributed by atoms with van der Waals surface area (Å²) in [5, 5.41) is 23.0. The highest BCUT2D eigenvalue weighted by Crippen LogP contribution is 2.18. The average Bonchev–Trinajstić information content (AvgIpc) is 2.21. The summed E-state index contributed by atoms with van der Waals surface area (Å²) in [5.74, 6) is -0.338. The molecule has 0 radical (unpaired) electrons. The van der Waals surface area contributed by atoms with Crippen molar-refractivity contribution in [1.82, 2.24) is 5.32 Å². The number of nitrogens with zero attached hydrogens (tertiary/aromatic N) is 1. The van der Waals surface area contributed by atoms with Crippen LogP contribution in [0.3, 0.4) is 0 Å². The topological polar surface area (TPSA) is 108 Å². The van der Waals surface area contributed by atoms with E-state index in [2.05, 4.69) is 10.5 Å². The molecular formula is C9H17N3O3. The minimum absolute atomic E-state index is 0.0877. The van der Waals surface area contributed by atoms with Gasteiger partial charge in [-0.2, -0.15) is 0 Å². The van der Waals surface area contributed by atoms with Gasteiger partial charge in [-0.1, -0.05) is 5.16 Å². The molecule has 1 rings (SSSR count). The maximum atomic E-state index is 11.3. The van der Waals surface area contributed by atoms with Gasteiger partial charge in [0, 0.05) is 6.04 Å². The molecule has 0 atom stereocenters.